The summed E-state index contributed by atoms with van der Waals surface area (Å²) in [6.07, 6.45) is 3.00. The second-order valence-electron chi connectivity index (χ2n) is 6.37. The molecular formula is C18H28N2O3S. The molecule has 0 radical (unpaired) electrons. The zero-order valence-corrected chi connectivity index (χ0v) is 15.2. The van der Waals surface area contributed by atoms with Gasteiger partial charge in [-0.2, -0.15) is 0 Å². The lowest BCUT2D eigenvalue weighted by Gasteiger charge is -2.26. The highest BCUT2D eigenvalue weighted by Crippen LogP contribution is 2.17. The summed E-state index contributed by atoms with van der Waals surface area (Å²) in [4.78, 5) is 14.1. The highest BCUT2D eigenvalue weighted by atomic mass is 32.2. The monoisotopic (exact) mass is 352 g/mol. The summed E-state index contributed by atoms with van der Waals surface area (Å²) in [6.45, 7) is 4.10. The van der Waals surface area contributed by atoms with E-state index in [0.29, 0.717) is 25.9 Å². The molecule has 0 aliphatic carbocycles. The highest BCUT2D eigenvalue weighted by Gasteiger charge is 2.31. The van der Waals surface area contributed by atoms with Crippen LogP contribution in [0.15, 0.2) is 30.3 Å². The van der Waals surface area contributed by atoms with Crippen LogP contribution in [0.2, 0.25) is 0 Å². The van der Waals surface area contributed by atoms with Crippen LogP contribution in [0.1, 0.15) is 31.7 Å². The van der Waals surface area contributed by atoms with Crippen molar-refractivity contribution >= 4 is 15.7 Å². The molecule has 1 saturated heterocycles. The number of benzene rings is 1. The van der Waals surface area contributed by atoms with Gasteiger partial charge in [0.1, 0.15) is 0 Å². The molecule has 1 heterocycles. The van der Waals surface area contributed by atoms with Crippen LogP contribution in [0.5, 0.6) is 0 Å². The smallest absolute Gasteiger partial charge is 0.221 e. The topological polar surface area (TPSA) is 66.5 Å². The average molecular weight is 353 g/mol. The van der Waals surface area contributed by atoms with Crippen LogP contribution in [-0.4, -0.2) is 56.4 Å². The Labute approximate surface area is 145 Å². The van der Waals surface area contributed by atoms with Crippen LogP contribution >= 0.6 is 0 Å². The van der Waals surface area contributed by atoms with E-state index in [2.05, 4.69) is 22.3 Å². The number of carbonyl (C=O) groups is 1. The molecule has 134 valence electrons. The molecule has 0 saturated carbocycles. The third-order valence-electron chi connectivity index (χ3n) is 4.56. The van der Waals surface area contributed by atoms with Crippen molar-refractivity contribution in [2.24, 2.45) is 0 Å². The molecule has 1 N–H and O–H groups in total. The van der Waals surface area contributed by atoms with E-state index in [1.54, 1.807) is 0 Å². The SMILES string of the molecule is CCN(CCC(=O)NCCCc1ccccc1)C1CCS(=O)(=O)C1. The van der Waals surface area contributed by atoms with Crippen molar-refractivity contribution < 1.29 is 13.2 Å². The van der Waals surface area contributed by atoms with E-state index in [1.165, 1.54) is 5.56 Å². The molecule has 1 aromatic carbocycles. The van der Waals surface area contributed by atoms with Crippen molar-refractivity contribution in [2.75, 3.05) is 31.1 Å². The van der Waals surface area contributed by atoms with Crippen LogP contribution < -0.4 is 5.32 Å². The number of rotatable bonds is 9. The van der Waals surface area contributed by atoms with Gasteiger partial charge in [0.05, 0.1) is 11.5 Å². The maximum Gasteiger partial charge on any atom is 0.221 e. The largest absolute Gasteiger partial charge is 0.356 e. The van der Waals surface area contributed by atoms with E-state index in [1.807, 2.05) is 25.1 Å². The molecule has 24 heavy (non-hydrogen) atoms. The summed E-state index contributed by atoms with van der Waals surface area (Å²) >= 11 is 0. The molecular weight excluding hydrogens is 324 g/mol. The number of amides is 1. The lowest BCUT2D eigenvalue weighted by Crippen LogP contribution is -2.39. The van der Waals surface area contributed by atoms with Crippen molar-refractivity contribution in [1.29, 1.82) is 0 Å². The summed E-state index contributed by atoms with van der Waals surface area (Å²) in [7, 11) is -2.88. The quantitative estimate of drug-likeness (QED) is 0.686. The number of sulfone groups is 1. The molecule has 1 atom stereocenters. The minimum atomic E-state index is -2.88. The first kappa shape index (κ1) is 18.9. The third-order valence-corrected chi connectivity index (χ3v) is 6.31. The Morgan fingerprint density at radius 1 is 1.29 bits per heavy atom. The van der Waals surface area contributed by atoms with Gasteiger partial charge < -0.3 is 5.32 Å². The van der Waals surface area contributed by atoms with Gasteiger partial charge in [-0.15, -0.1) is 0 Å². The van der Waals surface area contributed by atoms with E-state index in [-0.39, 0.29) is 23.5 Å². The maximum atomic E-state index is 12.0. The summed E-state index contributed by atoms with van der Waals surface area (Å²) in [5, 5.41) is 2.96. The van der Waals surface area contributed by atoms with Gasteiger partial charge in [0.15, 0.2) is 9.84 Å². The zero-order chi connectivity index (χ0) is 17.4. The van der Waals surface area contributed by atoms with Gasteiger partial charge in [-0.05, 0) is 31.4 Å². The number of carbonyl (C=O) groups excluding carboxylic acids is 1. The normalized spacial score (nSPS) is 19.5. The van der Waals surface area contributed by atoms with Crippen LogP contribution in [0.4, 0.5) is 0 Å². The molecule has 1 aromatic rings. The molecule has 0 spiro atoms. The molecule has 0 bridgehead atoms. The van der Waals surface area contributed by atoms with E-state index in [4.69, 9.17) is 0 Å². The first-order valence-electron chi connectivity index (χ1n) is 8.75. The van der Waals surface area contributed by atoms with Gasteiger partial charge in [-0.3, -0.25) is 9.69 Å². The van der Waals surface area contributed by atoms with E-state index < -0.39 is 9.84 Å². The predicted octanol–water partition coefficient (Wildman–Crippen LogP) is 1.63. The molecule has 1 unspecified atom stereocenters. The van der Waals surface area contributed by atoms with Crippen LogP contribution in [0.25, 0.3) is 0 Å². The average Bonchev–Trinajstić information content (AvgIpc) is 2.93. The Hall–Kier alpha value is -1.40. The number of hydrogen-bond acceptors (Lipinski definition) is 4. The number of aryl methyl sites for hydroxylation is 1. The Balaban J connectivity index is 1.63. The van der Waals surface area contributed by atoms with Crippen LogP contribution in [0, 0.1) is 0 Å². The fourth-order valence-corrected chi connectivity index (χ4v) is 4.92. The predicted molar refractivity (Wildman–Crippen MR) is 96.7 cm³/mol. The minimum Gasteiger partial charge on any atom is -0.356 e. The second-order valence-corrected chi connectivity index (χ2v) is 8.60. The van der Waals surface area contributed by atoms with Gasteiger partial charge >= 0.3 is 0 Å². The summed E-state index contributed by atoms with van der Waals surface area (Å²) in [5.74, 6) is 0.557. The summed E-state index contributed by atoms with van der Waals surface area (Å²) in [5.41, 5.74) is 1.28. The van der Waals surface area contributed by atoms with Crippen molar-refractivity contribution in [3.8, 4) is 0 Å². The summed E-state index contributed by atoms with van der Waals surface area (Å²) < 4.78 is 23.2. The van der Waals surface area contributed by atoms with E-state index in [0.717, 1.165) is 19.4 Å². The van der Waals surface area contributed by atoms with Gasteiger partial charge in [0.25, 0.3) is 0 Å². The fraction of sp³-hybridized carbons (Fsp3) is 0.611. The lowest BCUT2D eigenvalue weighted by molar-refractivity contribution is -0.121. The van der Waals surface area contributed by atoms with Gasteiger partial charge in [-0.25, -0.2) is 8.42 Å². The van der Waals surface area contributed by atoms with Crippen molar-refractivity contribution in [2.45, 2.75) is 38.6 Å². The van der Waals surface area contributed by atoms with E-state index in [9.17, 15) is 13.2 Å². The first-order valence-corrected chi connectivity index (χ1v) is 10.6. The maximum absolute atomic E-state index is 12.0. The number of hydrogen-bond donors (Lipinski definition) is 1. The molecule has 1 amide bonds. The first-order chi connectivity index (χ1) is 11.5. The third kappa shape index (κ3) is 6.24. The minimum absolute atomic E-state index is 0.0439. The van der Waals surface area contributed by atoms with Gasteiger partial charge in [0, 0.05) is 25.6 Å². The van der Waals surface area contributed by atoms with Gasteiger partial charge in [0.2, 0.25) is 5.91 Å². The number of nitrogens with one attached hydrogen (secondary N) is 1. The molecule has 1 aliphatic heterocycles. The molecule has 1 aliphatic rings. The summed E-state index contributed by atoms with van der Waals surface area (Å²) in [6, 6.07) is 10.3. The Morgan fingerprint density at radius 2 is 2.04 bits per heavy atom. The molecule has 1 fully saturated rings. The highest BCUT2D eigenvalue weighted by molar-refractivity contribution is 7.91. The molecule has 2 rings (SSSR count). The standard InChI is InChI=1S/C18H28N2O3S/c1-2-20(17-11-14-24(22,23)15-17)13-10-18(21)19-12-6-9-16-7-4-3-5-8-16/h3-5,7-8,17H,2,6,9-15H2,1H3,(H,19,21). The molecule has 5 nitrogen and oxygen atoms in total. The second kappa shape index (κ2) is 9.18. The Kier molecular flexibility index (Phi) is 7.24. The van der Waals surface area contributed by atoms with Crippen LogP contribution in [0.3, 0.4) is 0 Å². The van der Waals surface area contributed by atoms with E-state index >= 15 is 0 Å². The number of nitrogens with zero attached hydrogens (tertiary/aromatic N) is 1. The van der Waals surface area contributed by atoms with Crippen molar-refractivity contribution in [3.05, 3.63) is 35.9 Å². The molecule has 0 aromatic heterocycles. The lowest BCUT2D eigenvalue weighted by atomic mass is 10.1. The Bertz CT molecular complexity index is 616. The van der Waals surface area contributed by atoms with Crippen molar-refractivity contribution in [3.63, 3.8) is 0 Å². The fourth-order valence-electron chi connectivity index (χ4n) is 3.16. The zero-order valence-electron chi connectivity index (χ0n) is 14.4. The van der Waals surface area contributed by atoms with Crippen molar-refractivity contribution in [1.82, 2.24) is 10.2 Å². The van der Waals surface area contributed by atoms with Crippen LogP contribution in [-0.2, 0) is 21.1 Å². The molecule has 6 heteroatoms. The Morgan fingerprint density at radius 3 is 2.67 bits per heavy atom. The van der Waals surface area contributed by atoms with Gasteiger partial charge in [-0.1, -0.05) is 37.3 Å².